The maximum atomic E-state index is 11.1. The lowest BCUT2D eigenvalue weighted by molar-refractivity contribution is -0.0578. The van der Waals surface area contributed by atoms with Gasteiger partial charge < -0.3 is 19.1 Å². The van der Waals surface area contributed by atoms with Crippen LogP contribution < -0.4 is 0 Å². The third-order valence-corrected chi connectivity index (χ3v) is 4.73. The minimum absolute atomic E-state index is 0.439. The number of hydrogen-bond donors (Lipinski definition) is 2. The van der Waals surface area contributed by atoms with E-state index >= 15 is 0 Å². The first-order chi connectivity index (χ1) is 10.8. The second-order valence-corrected chi connectivity index (χ2v) is 7.48. The monoisotopic (exact) mass is 338 g/mol. The zero-order valence-electron chi connectivity index (χ0n) is 12.8. The first kappa shape index (κ1) is 16.3. The van der Waals surface area contributed by atoms with Crippen LogP contribution in [0.3, 0.4) is 0 Å². The number of rotatable bonds is 6. The van der Waals surface area contributed by atoms with Crippen molar-refractivity contribution in [3.05, 3.63) is 30.5 Å². The zero-order valence-corrected chi connectivity index (χ0v) is 13.7. The second-order valence-electron chi connectivity index (χ2n) is 5.89. The van der Waals surface area contributed by atoms with Gasteiger partial charge in [-0.2, -0.15) is 0 Å². The van der Waals surface area contributed by atoms with Crippen LogP contribution in [0.1, 0.15) is 25.0 Å². The van der Waals surface area contributed by atoms with Gasteiger partial charge in [0.1, 0.15) is 18.2 Å². The standard InChI is InChI=1S/C14H19N4O4P/c1-10(14(4-3-5-14)22-9-23(19,20)21)6-18-8-17-12-11(2)15-7-16-13(12)18/h7-8H,1,3-6,9H2,2H3,(H2,19,20,21). The van der Waals surface area contributed by atoms with Crippen LogP contribution >= 0.6 is 7.60 Å². The minimum Gasteiger partial charge on any atom is -0.358 e. The normalized spacial score (nSPS) is 17.2. The molecule has 23 heavy (non-hydrogen) atoms. The van der Waals surface area contributed by atoms with E-state index < -0.39 is 19.5 Å². The molecule has 0 aromatic carbocycles. The molecule has 0 unspecified atom stereocenters. The van der Waals surface area contributed by atoms with Crippen LogP contribution in [-0.4, -0.2) is 41.3 Å². The first-order valence-electron chi connectivity index (χ1n) is 7.30. The van der Waals surface area contributed by atoms with E-state index in [1.165, 1.54) is 6.33 Å². The predicted molar refractivity (Wildman–Crippen MR) is 83.8 cm³/mol. The Hall–Kier alpha value is -1.60. The molecular formula is C14H19N4O4P. The van der Waals surface area contributed by atoms with Crippen molar-refractivity contribution < 1.29 is 19.1 Å². The Balaban J connectivity index is 1.79. The summed E-state index contributed by atoms with van der Waals surface area (Å²) in [6, 6.07) is 0. The Kier molecular flexibility index (Phi) is 4.10. The Morgan fingerprint density at radius 3 is 2.78 bits per heavy atom. The summed E-state index contributed by atoms with van der Waals surface area (Å²) in [5.41, 5.74) is 2.35. The van der Waals surface area contributed by atoms with E-state index in [-0.39, 0.29) is 0 Å². The van der Waals surface area contributed by atoms with Crippen LogP contribution in [-0.2, 0) is 15.8 Å². The van der Waals surface area contributed by atoms with Gasteiger partial charge in [0.15, 0.2) is 5.65 Å². The molecule has 0 saturated heterocycles. The van der Waals surface area contributed by atoms with Crippen LogP contribution in [0, 0.1) is 6.92 Å². The van der Waals surface area contributed by atoms with E-state index in [0.29, 0.717) is 25.0 Å². The van der Waals surface area contributed by atoms with Crippen molar-refractivity contribution in [2.24, 2.45) is 0 Å². The van der Waals surface area contributed by atoms with Gasteiger partial charge in [-0.15, -0.1) is 0 Å². The van der Waals surface area contributed by atoms with E-state index in [4.69, 9.17) is 14.5 Å². The SMILES string of the molecule is C=C(Cn1cnc2c(C)ncnc21)C1(OCP(=O)(O)O)CCC1. The van der Waals surface area contributed by atoms with Gasteiger partial charge in [-0.1, -0.05) is 6.58 Å². The molecule has 8 nitrogen and oxygen atoms in total. The van der Waals surface area contributed by atoms with Crippen molar-refractivity contribution in [2.75, 3.05) is 6.35 Å². The summed E-state index contributed by atoms with van der Waals surface area (Å²) in [4.78, 5) is 30.7. The fourth-order valence-corrected chi connectivity index (χ4v) is 3.18. The van der Waals surface area contributed by atoms with Crippen molar-refractivity contribution in [3.63, 3.8) is 0 Å². The van der Waals surface area contributed by atoms with Gasteiger partial charge in [0, 0.05) is 6.54 Å². The lowest BCUT2D eigenvalue weighted by atomic mass is 9.75. The van der Waals surface area contributed by atoms with Crippen LogP contribution in [0.2, 0.25) is 0 Å². The maximum Gasteiger partial charge on any atom is 0.351 e. The molecule has 0 amide bonds. The van der Waals surface area contributed by atoms with Gasteiger partial charge in [-0.3, -0.25) is 4.57 Å². The van der Waals surface area contributed by atoms with Gasteiger partial charge in [-0.25, -0.2) is 15.0 Å². The number of imidazole rings is 1. The summed E-state index contributed by atoms with van der Waals surface area (Å²) < 4.78 is 18.5. The molecule has 3 rings (SSSR count). The van der Waals surface area contributed by atoms with Crippen LogP contribution in [0.15, 0.2) is 24.8 Å². The van der Waals surface area contributed by atoms with Crippen LogP contribution in [0.25, 0.3) is 11.2 Å². The van der Waals surface area contributed by atoms with Crippen molar-refractivity contribution in [1.29, 1.82) is 0 Å². The lowest BCUT2D eigenvalue weighted by Crippen LogP contribution is -2.43. The quantitative estimate of drug-likeness (QED) is 0.610. The van der Waals surface area contributed by atoms with E-state index in [1.54, 1.807) is 6.33 Å². The van der Waals surface area contributed by atoms with Gasteiger partial charge in [0.05, 0.1) is 17.6 Å². The van der Waals surface area contributed by atoms with Gasteiger partial charge >= 0.3 is 7.60 Å². The highest BCUT2D eigenvalue weighted by Gasteiger charge is 2.42. The molecule has 9 heteroatoms. The summed E-state index contributed by atoms with van der Waals surface area (Å²) in [6.07, 6.45) is 4.96. The van der Waals surface area contributed by atoms with Crippen LogP contribution in [0.5, 0.6) is 0 Å². The summed E-state index contributed by atoms with van der Waals surface area (Å²) in [5.74, 6) is 0. The van der Waals surface area contributed by atoms with Gasteiger partial charge in [0.2, 0.25) is 0 Å². The second kappa shape index (κ2) is 5.79. The highest BCUT2D eigenvalue weighted by atomic mass is 31.2. The van der Waals surface area contributed by atoms with Gasteiger partial charge in [-0.05, 0) is 31.8 Å². The zero-order chi connectivity index (χ0) is 16.7. The number of nitrogens with zero attached hydrogens (tertiary/aromatic N) is 4. The fraction of sp³-hybridized carbons (Fsp3) is 0.500. The molecule has 0 atom stereocenters. The molecule has 2 heterocycles. The molecule has 1 aliphatic carbocycles. The number of hydrogen-bond acceptors (Lipinski definition) is 5. The predicted octanol–water partition coefficient (Wildman–Crippen LogP) is 1.77. The lowest BCUT2D eigenvalue weighted by Gasteiger charge is -2.43. The molecule has 1 aliphatic rings. The van der Waals surface area contributed by atoms with Crippen molar-refractivity contribution >= 4 is 18.8 Å². The Labute approximate surface area is 133 Å². The van der Waals surface area contributed by atoms with Crippen molar-refractivity contribution in [2.45, 2.75) is 38.3 Å². The molecule has 0 bridgehead atoms. The van der Waals surface area contributed by atoms with E-state index in [9.17, 15) is 4.57 Å². The summed E-state index contributed by atoms with van der Waals surface area (Å²) >= 11 is 0. The van der Waals surface area contributed by atoms with E-state index in [2.05, 4.69) is 21.5 Å². The smallest absolute Gasteiger partial charge is 0.351 e. The highest BCUT2D eigenvalue weighted by Crippen LogP contribution is 2.45. The van der Waals surface area contributed by atoms with Crippen molar-refractivity contribution in [1.82, 2.24) is 19.5 Å². The van der Waals surface area contributed by atoms with Gasteiger partial charge in [0.25, 0.3) is 0 Å². The number of aromatic nitrogens is 4. The van der Waals surface area contributed by atoms with Crippen molar-refractivity contribution in [3.8, 4) is 0 Å². The molecule has 2 N–H and O–H groups in total. The minimum atomic E-state index is -4.20. The maximum absolute atomic E-state index is 11.1. The van der Waals surface area contributed by atoms with E-state index in [0.717, 1.165) is 23.2 Å². The number of aryl methyl sites for hydroxylation is 1. The topological polar surface area (TPSA) is 110 Å². The van der Waals surface area contributed by atoms with Crippen LogP contribution in [0.4, 0.5) is 0 Å². The third-order valence-electron chi connectivity index (χ3n) is 4.26. The molecular weight excluding hydrogens is 319 g/mol. The van der Waals surface area contributed by atoms with E-state index in [1.807, 2.05) is 11.5 Å². The molecule has 1 fully saturated rings. The molecule has 2 aromatic heterocycles. The summed E-state index contributed by atoms with van der Waals surface area (Å²) in [5, 5.41) is 0. The molecule has 0 radical (unpaired) electrons. The number of fused-ring (bicyclic) bond motifs is 1. The summed E-state index contributed by atoms with van der Waals surface area (Å²) in [7, 11) is -4.20. The molecule has 0 aliphatic heterocycles. The molecule has 124 valence electrons. The molecule has 0 spiro atoms. The fourth-order valence-electron chi connectivity index (χ4n) is 2.77. The highest BCUT2D eigenvalue weighted by molar-refractivity contribution is 7.51. The Morgan fingerprint density at radius 2 is 2.17 bits per heavy atom. The largest absolute Gasteiger partial charge is 0.358 e. The number of ether oxygens (including phenoxy) is 1. The first-order valence-corrected chi connectivity index (χ1v) is 9.10. The Morgan fingerprint density at radius 1 is 1.43 bits per heavy atom. The summed E-state index contributed by atoms with van der Waals surface area (Å²) in [6.45, 7) is 6.39. The third kappa shape index (κ3) is 3.21. The molecule has 1 saturated carbocycles. The average Bonchev–Trinajstić information content (AvgIpc) is 2.81. The Bertz CT molecular complexity index is 793. The molecule has 2 aromatic rings. The average molecular weight is 338 g/mol.